The van der Waals surface area contributed by atoms with Crippen molar-refractivity contribution in [2.45, 2.75) is 18.2 Å². The van der Waals surface area contributed by atoms with Crippen molar-refractivity contribution in [1.29, 1.82) is 0 Å². The molecule has 0 spiro atoms. The van der Waals surface area contributed by atoms with Crippen molar-refractivity contribution in [1.82, 2.24) is 14.9 Å². The first-order valence-corrected chi connectivity index (χ1v) is 9.83. The quantitative estimate of drug-likeness (QED) is 0.675. The van der Waals surface area contributed by atoms with Gasteiger partial charge in [-0.2, -0.15) is 5.10 Å². The maximum Gasteiger partial charge on any atom is 0.217 e. The Balaban J connectivity index is 1.91. The van der Waals surface area contributed by atoms with Gasteiger partial charge in [-0.15, -0.1) is 0 Å². The van der Waals surface area contributed by atoms with E-state index in [-0.39, 0.29) is 12.8 Å². The van der Waals surface area contributed by atoms with Crippen LogP contribution in [0.2, 0.25) is 0 Å². The molecule has 3 rings (SSSR count). The van der Waals surface area contributed by atoms with Gasteiger partial charge in [0.1, 0.15) is 0 Å². The number of rotatable bonds is 7. The fourth-order valence-corrected chi connectivity index (χ4v) is 3.72. The Bertz CT molecular complexity index is 1010. The molecule has 1 unspecified atom stereocenters. The number of hydrogen-bond donors (Lipinski definition) is 1. The fourth-order valence-electron chi connectivity index (χ4n) is 2.67. The van der Waals surface area contributed by atoms with Crippen LogP contribution in [-0.2, 0) is 14.6 Å². The standard InChI is InChI=1S/C17H18N4O4S/c1-26(23,24)17(6-5-16(18)22)21-11-14(10-19-21)12-3-2-4-13(9-12)15-7-8-20-25-15/h2-4,7-11,17H,5-6H2,1H3,(H2,18,22). The molecule has 0 aliphatic carbocycles. The van der Waals surface area contributed by atoms with Crippen LogP contribution in [0.25, 0.3) is 22.5 Å². The van der Waals surface area contributed by atoms with Crippen molar-refractivity contribution < 1.29 is 17.7 Å². The van der Waals surface area contributed by atoms with Crippen molar-refractivity contribution in [2.24, 2.45) is 5.73 Å². The SMILES string of the molecule is CS(=O)(=O)C(CCC(N)=O)n1cc(-c2cccc(-c3ccno3)c2)cn1. The molecule has 0 aliphatic rings. The smallest absolute Gasteiger partial charge is 0.217 e. The zero-order valence-electron chi connectivity index (χ0n) is 14.1. The fraction of sp³-hybridized carbons (Fsp3) is 0.235. The van der Waals surface area contributed by atoms with E-state index in [0.717, 1.165) is 22.9 Å². The van der Waals surface area contributed by atoms with E-state index in [1.165, 1.54) is 4.68 Å². The van der Waals surface area contributed by atoms with Crippen LogP contribution >= 0.6 is 0 Å². The second-order valence-corrected chi connectivity index (χ2v) is 8.16. The minimum absolute atomic E-state index is 0.0338. The Morgan fingerprint density at radius 3 is 2.69 bits per heavy atom. The summed E-state index contributed by atoms with van der Waals surface area (Å²) in [6.07, 6.45) is 5.95. The van der Waals surface area contributed by atoms with Gasteiger partial charge in [0.25, 0.3) is 0 Å². The summed E-state index contributed by atoms with van der Waals surface area (Å²) < 4.78 is 30.6. The van der Waals surface area contributed by atoms with Crippen molar-refractivity contribution in [3.63, 3.8) is 0 Å². The number of amides is 1. The molecule has 2 aromatic heterocycles. The molecule has 0 radical (unpaired) electrons. The zero-order chi connectivity index (χ0) is 18.7. The lowest BCUT2D eigenvalue weighted by Crippen LogP contribution is -2.22. The van der Waals surface area contributed by atoms with E-state index in [1.807, 2.05) is 24.3 Å². The third-order valence-electron chi connectivity index (χ3n) is 3.95. The largest absolute Gasteiger partial charge is 0.370 e. The van der Waals surface area contributed by atoms with E-state index in [9.17, 15) is 13.2 Å². The van der Waals surface area contributed by atoms with Crippen LogP contribution in [-0.4, -0.2) is 35.5 Å². The zero-order valence-corrected chi connectivity index (χ0v) is 14.9. The molecule has 0 fully saturated rings. The van der Waals surface area contributed by atoms with E-state index < -0.39 is 21.1 Å². The van der Waals surface area contributed by atoms with Gasteiger partial charge in [-0.25, -0.2) is 8.42 Å². The predicted octanol–water partition coefficient (Wildman–Crippen LogP) is 2.01. The topological polar surface area (TPSA) is 121 Å². The second-order valence-electron chi connectivity index (χ2n) is 5.96. The summed E-state index contributed by atoms with van der Waals surface area (Å²) in [5.41, 5.74) is 7.60. The maximum atomic E-state index is 12.1. The van der Waals surface area contributed by atoms with E-state index in [2.05, 4.69) is 10.3 Å². The van der Waals surface area contributed by atoms with E-state index >= 15 is 0 Å². The van der Waals surface area contributed by atoms with Gasteiger partial charge < -0.3 is 10.3 Å². The molecular weight excluding hydrogens is 356 g/mol. The summed E-state index contributed by atoms with van der Waals surface area (Å²) in [6.45, 7) is 0. The number of nitrogens with zero attached hydrogens (tertiary/aromatic N) is 3. The van der Waals surface area contributed by atoms with Gasteiger partial charge in [0.15, 0.2) is 21.0 Å². The molecule has 2 heterocycles. The summed E-state index contributed by atoms with van der Waals surface area (Å²) in [5.74, 6) is 0.0838. The number of aromatic nitrogens is 3. The molecule has 2 N–H and O–H groups in total. The molecule has 26 heavy (non-hydrogen) atoms. The molecule has 3 aromatic rings. The van der Waals surface area contributed by atoms with E-state index in [1.54, 1.807) is 24.7 Å². The number of nitrogens with two attached hydrogens (primary N) is 1. The van der Waals surface area contributed by atoms with Crippen molar-refractivity contribution in [3.8, 4) is 22.5 Å². The molecule has 0 bridgehead atoms. The molecule has 1 amide bonds. The Morgan fingerprint density at radius 1 is 1.27 bits per heavy atom. The summed E-state index contributed by atoms with van der Waals surface area (Å²) in [7, 11) is -3.46. The monoisotopic (exact) mass is 374 g/mol. The molecule has 0 saturated heterocycles. The van der Waals surface area contributed by atoms with Crippen LogP contribution in [0.15, 0.2) is 53.4 Å². The molecule has 8 nitrogen and oxygen atoms in total. The number of primary amides is 1. The van der Waals surface area contributed by atoms with E-state index in [4.69, 9.17) is 10.3 Å². The first kappa shape index (κ1) is 17.9. The summed E-state index contributed by atoms with van der Waals surface area (Å²) in [4.78, 5) is 11.0. The van der Waals surface area contributed by atoms with Crippen LogP contribution < -0.4 is 5.73 Å². The Morgan fingerprint density at radius 2 is 2.04 bits per heavy atom. The van der Waals surface area contributed by atoms with Crippen LogP contribution in [0, 0.1) is 0 Å². The van der Waals surface area contributed by atoms with Gasteiger partial charge in [0.2, 0.25) is 5.91 Å². The van der Waals surface area contributed by atoms with Gasteiger partial charge in [-0.3, -0.25) is 9.48 Å². The first-order chi connectivity index (χ1) is 12.3. The Kier molecular flexibility index (Phi) is 4.90. The third-order valence-corrected chi connectivity index (χ3v) is 5.39. The van der Waals surface area contributed by atoms with Gasteiger partial charge in [0.05, 0.1) is 12.4 Å². The van der Waals surface area contributed by atoms with Crippen LogP contribution in [0.4, 0.5) is 0 Å². The Hall–Kier alpha value is -2.94. The lowest BCUT2D eigenvalue weighted by Gasteiger charge is -2.14. The van der Waals surface area contributed by atoms with Crippen LogP contribution in [0.1, 0.15) is 18.2 Å². The molecule has 1 atom stereocenters. The van der Waals surface area contributed by atoms with Gasteiger partial charge in [-0.05, 0) is 18.1 Å². The average molecular weight is 374 g/mol. The number of carbonyl (C=O) groups is 1. The minimum Gasteiger partial charge on any atom is -0.370 e. The van der Waals surface area contributed by atoms with Crippen molar-refractivity contribution >= 4 is 15.7 Å². The highest BCUT2D eigenvalue weighted by Crippen LogP contribution is 2.28. The van der Waals surface area contributed by atoms with Gasteiger partial charge in [-0.1, -0.05) is 23.4 Å². The highest BCUT2D eigenvalue weighted by molar-refractivity contribution is 7.90. The van der Waals surface area contributed by atoms with E-state index in [0.29, 0.717) is 5.76 Å². The van der Waals surface area contributed by atoms with Gasteiger partial charge in [0, 0.05) is 36.1 Å². The molecule has 0 aliphatic heterocycles. The maximum absolute atomic E-state index is 12.1. The number of sulfone groups is 1. The van der Waals surface area contributed by atoms with Crippen molar-refractivity contribution in [2.75, 3.05) is 6.26 Å². The average Bonchev–Trinajstić information content (AvgIpc) is 3.26. The molecular formula is C17H18N4O4S. The third kappa shape index (κ3) is 3.99. The highest BCUT2D eigenvalue weighted by atomic mass is 32.2. The van der Waals surface area contributed by atoms with Crippen molar-refractivity contribution in [3.05, 3.63) is 48.9 Å². The van der Waals surface area contributed by atoms with Crippen LogP contribution in [0.5, 0.6) is 0 Å². The predicted molar refractivity (Wildman–Crippen MR) is 95.5 cm³/mol. The minimum atomic E-state index is -3.46. The normalized spacial score (nSPS) is 12.8. The molecule has 9 heteroatoms. The molecule has 0 saturated carbocycles. The summed E-state index contributed by atoms with van der Waals surface area (Å²) >= 11 is 0. The second kappa shape index (κ2) is 7.12. The lowest BCUT2D eigenvalue weighted by molar-refractivity contribution is -0.118. The molecule has 136 valence electrons. The number of benzene rings is 1. The number of hydrogen-bond acceptors (Lipinski definition) is 6. The lowest BCUT2D eigenvalue weighted by atomic mass is 10.1. The highest BCUT2D eigenvalue weighted by Gasteiger charge is 2.24. The number of carbonyl (C=O) groups excluding carboxylic acids is 1. The van der Waals surface area contributed by atoms with Crippen LogP contribution in [0.3, 0.4) is 0 Å². The molecule has 1 aromatic carbocycles. The summed E-state index contributed by atoms with van der Waals surface area (Å²) in [5, 5.41) is 6.93. The summed E-state index contributed by atoms with van der Waals surface area (Å²) in [6, 6.07) is 9.30. The Labute approximate surface area is 150 Å². The first-order valence-electron chi connectivity index (χ1n) is 7.87. The van der Waals surface area contributed by atoms with Gasteiger partial charge >= 0.3 is 0 Å².